The van der Waals surface area contributed by atoms with Crippen molar-refractivity contribution in [2.24, 2.45) is 5.73 Å². The number of carbonyl (C=O) groups excluding carboxylic acids is 3. The second kappa shape index (κ2) is 5.97. The number of carbonyl (C=O) groups is 3. The Morgan fingerprint density at radius 2 is 1.93 bits per heavy atom. The van der Waals surface area contributed by atoms with Gasteiger partial charge in [-0.05, 0) is 6.92 Å². The van der Waals surface area contributed by atoms with E-state index in [4.69, 9.17) is 10.8 Å². The summed E-state index contributed by atoms with van der Waals surface area (Å²) in [6.07, 6.45) is -1.42. The van der Waals surface area contributed by atoms with Gasteiger partial charge in [0.25, 0.3) is 0 Å². The average Bonchev–Trinajstić information content (AvgIpc) is 2.12. The number of nitrogens with one attached hydrogen (secondary N) is 2. The number of aliphatic hydroxyl groups excluding tert-OH is 1. The van der Waals surface area contributed by atoms with Gasteiger partial charge in [0.05, 0.1) is 6.54 Å². The van der Waals surface area contributed by atoms with E-state index >= 15 is 0 Å². The first kappa shape index (κ1) is 13.4. The Kier molecular flexibility index (Phi) is 5.32. The van der Waals surface area contributed by atoms with Crippen molar-refractivity contribution in [1.29, 1.82) is 0 Å². The van der Waals surface area contributed by atoms with Crippen LogP contribution < -0.4 is 16.4 Å². The molecule has 0 spiro atoms. The van der Waals surface area contributed by atoms with Crippen molar-refractivity contribution < 1.29 is 19.5 Å². The van der Waals surface area contributed by atoms with Crippen molar-refractivity contribution in [3.63, 3.8) is 0 Å². The fourth-order valence-corrected chi connectivity index (χ4v) is 0.821. The summed E-state index contributed by atoms with van der Waals surface area (Å²) >= 11 is 0. The molecular weight excluding hydrogens is 202 g/mol. The minimum atomic E-state index is -1.42. The third-order valence-electron chi connectivity index (χ3n) is 1.61. The van der Waals surface area contributed by atoms with Crippen LogP contribution in [0.5, 0.6) is 0 Å². The number of rotatable bonds is 5. The van der Waals surface area contributed by atoms with E-state index in [2.05, 4.69) is 10.6 Å². The average molecular weight is 217 g/mol. The standard InChI is InChI=1S/C8H15N3O4/c1-4(11-5(2)12)8(15)10-3-6(13)7(9)14/h4,6,13H,3H2,1-2H3,(H2,9,14)(H,10,15)(H,11,12). The molecule has 15 heavy (non-hydrogen) atoms. The highest BCUT2D eigenvalue weighted by Crippen LogP contribution is 1.84. The summed E-state index contributed by atoms with van der Waals surface area (Å²) in [4.78, 5) is 32.2. The lowest BCUT2D eigenvalue weighted by Gasteiger charge is -2.13. The smallest absolute Gasteiger partial charge is 0.248 e. The van der Waals surface area contributed by atoms with Crippen molar-refractivity contribution in [2.45, 2.75) is 26.0 Å². The number of nitrogens with two attached hydrogens (primary N) is 1. The monoisotopic (exact) mass is 217 g/mol. The van der Waals surface area contributed by atoms with Crippen molar-refractivity contribution in [2.75, 3.05) is 6.54 Å². The van der Waals surface area contributed by atoms with E-state index in [0.29, 0.717) is 0 Å². The molecule has 0 saturated carbocycles. The van der Waals surface area contributed by atoms with Crippen LogP contribution in [-0.2, 0) is 14.4 Å². The number of hydrogen-bond acceptors (Lipinski definition) is 4. The molecule has 2 atom stereocenters. The zero-order valence-corrected chi connectivity index (χ0v) is 8.61. The second-order valence-electron chi connectivity index (χ2n) is 3.09. The summed E-state index contributed by atoms with van der Waals surface area (Å²) < 4.78 is 0. The summed E-state index contributed by atoms with van der Waals surface area (Å²) in [5.74, 6) is -1.75. The highest BCUT2D eigenvalue weighted by atomic mass is 16.3. The van der Waals surface area contributed by atoms with E-state index in [1.165, 1.54) is 13.8 Å². The topological polar surface area (TPSA) is 122 Å². The van der Waals surface area contributed by atoms with Crippen molar-refractivity contribution in [3.8, 4) is 0 Å². The Morgan fingerprint density at radius 3 is 2.33 bits per heavy atom. The SMILES string of the molecule is CC(=O)NC(C)C(=O)NCC(O)C(N)=O. The molecule has 0 radical (unpaired) electrons. The molecule has 0 bridgehead atoms. The van der Waals surface area contributed by atoms with Gasteiger partial charge in [-0.3, -0.25) is 14.4 Å². The third kappa shape index (κ3) is 5.63. The molecule has 0 rings (SSSR count). The maximum absolute atomic E-state index is 11.2. The largest absolute Gasteiger partial charge is 0.381 e. The Labute approximate surface area is 87.0 Å². The zero-order chi connectivity index (χ0) is 12.0. The Balaban J connectivity index is 3.93. The van der Waals surface area contributed by atoms with Gasteiger partial charge in [-0.15, -0.1) is 0 Å². The van der Waals surface area contributed by atoms with Crippen LogP contribution in [0.2, 0.25) is 0 Å². The van der Waals surface area contributed by atoms with Gasteiger partial charge in [0.2, 0.25) is 17.7 Å². The molecule has 0 saturated heterocycles. The van der Waals surface area contributed by atoms with E-state index in [0.717, 1.165) is 0 Å². The molecule has 3 amide bonds. The lowest BCUT2D eigenvalue weighted by Crippen LogP contribution is -2.47. The van der Waals surface area contributed by atoms with Gasteiger partial charge in [-0.25, -0.2) is 0 Å². The molecule has 7 heteroatoms. The predicted molar refractivity (Wildman–Crippen MR) is 51.5 cm³/mol. The van der Waals surface area contributed by atoms with Gasteiger partial charge in [0.15, 0.2) is 0 Å². The van der Waals surface area contributed by atoms with E-state index < -0.39 is 24.0 Å². The van der Waals surface area contributed by atoms with E-state index in [-0.39, 0.29) is 12.5 Å². The molecular formula is C8H15N3O4. The molecule has 0 heterocycles. The summed E-state index contributed by atoms with van der Waals surface area (Å²) in [5.41, 5.74) is 4.77. The summed E-state index contributed by atoms with van der Waals surface area (Å²) in [7, 11) is 0. The van der Waals surface area contributed by atoms with Crippen LogP contribution >= 0.6 is 0 Å². The molecule has 7 nitrogen and oxygen atoms in total. The maximum Gasteiger partial charge on any atom is 0.248 e. The maximum atomic E-state index is 11.2. The van der Waals surface area contributed by atoms with Crippen LogP contribution in [0.4, 0.5) is 0 Å². The van der Waals surface area contributed by atoms with Crippen LogP contribution in [0, 0.1) is 0 Å². The normalized spacial score (nSPS) is 13.8. The Bertz CT molecular complexity index is 267. The fraction of sp³-hybridized carbons (Fsp3) is 0.625. The van der Waals surface area contributed by atoms with Crippen LogP contribution in [0.3, 0.4) is 0 Å². The molecule has 86 valence electrons. The summed E-state index contributed by atoms with van der Waals surface area (Å²) in [5, 5.41) is 13.6. The number of aliphatic hydroxyl groups is 1. The van der Waals surface area contributed by atoms with E-state index in [1.807, 2.05) is 0 Å². The lowest BCUT2D eigenvalue weighted by atomic mass is 10.3. The molecule has 0 aromatic heterocycles. The van der Waals surface area contributed by atoms with Gasteiger partial charge in [-0.1, -0.05) is 0 Å². The summed E-state index contributed by atoms with van der Waals surface area (Å²) in [6, 6.07) is -0.720. The van der Waals surface area contributed by atoms with Crippen LogP contribution in [-0.4, -0.2) is 41.5 Å². The lowest BCUT2D eigenvalue weighted by molar-refractivity contribution is -0.129. The quantitative estimate of drug-likeness (QED) is 0.405. The molecule has 0 aliphatic carbocycles. The van der Waals surface area contributed by atoms with Crippen LogP contribution in [0.1, 0.15) is 13.8 Å². The first-order chi connectivity index (χ1) is 6.84. The Morgan fingerprint density at radius 1 is 1.40 bits per heavy atom. The minimum absolute atomic E-state index is 0.266. The molecule has 0 aliphatic heterocycles. The number of primary amides is 1. The fourth-order valence-electron chi connectivity index (χ4n) is 0.821. The number of amides is 3. The molecule has 0 fully saturated rings. The molecule has 0 aromatic carbocycles. The van der Waals surface area contributed by atoms with Gasteiger partial charge in [0, 0.05) is 6.92 Å². The van der Waals surface area contributed by atoms with Gasteiger partial charge < -0.3 is 21.5 Å². The highest BCUT2D eigenvalue weighted by molar-refractivity contribution is 5.87. The van der Waals surface area contributed by atoms with Crippen LogP contribution in [0.15, 0.2) is 0 Å². The molecule has 5 N–H and O–H groups in total. The van der Waals surface area contributed by atoms with Crippen molar-refractivity contribution in [1.82, 2.24) is 10.6 Å². The Hall–Kier alpha value is -1.63. The molecule has 0 aromatic rings. The predicted octanol–water partition coefficient (Wildman–Crippen LogP) is -2.53. The van der Waals surface area contributed by atoms with Gasteiger partial charge in [-0.2, -0.15) is 0 Å². The number of hydrogen-bond donors (Lipinski definition) is 4. The van der Waals surface area contributed by atoms with E-state index in [1.54, 1.807) is 0 Å². The summed E-state index contributed by atoms with van der Waals surface area (Å²) in [6.45, 7) is 2.49. The molecule has 2 unspecified atom stereocenters. The van der Waals surface area contributed by atoms with Crippen molar-refractivity contribution in [3.05, 3.63) is 0 Å². The van der Waals surface area contributed by atoms with E-state index in [9.17, 15) is 14.4 Å². The first-order valence-electron chi connectivity index (χ1n) is 4.36. The minimum Gasteiger partial charge on any atom is -0.381 e. The van der Waals surface area contributed by atoms with Crippen LogP contribution in [0.25, 0.3) is 0 Å². The molecule has 0 aliphatic rings. The first-order valence-corrected chi connectivity index (χ1v) is 4.36. The van der Waals surface area contributed by atoms with Gasteiger partial charge >= 0.3 is 0 Å². The zero-order valence-electron chi connectivity index (χ0n) is 8.61. The second-order valence-corrected chi connectivity index (χ2v) is 3.09. The van der Waals surface area contributed by atoms with Gasteiger partial charge in [0.1, 0.15) is 12.1 Å². The third-order valence-corrected chi connectivity index (χ3v) is 1.61. The highest BCUT2D eigenvalue weighted by Gasteiger charge is 2.16. The van der Waals surface area contributed by atoms with Crippen molar-refractivity contribution >= 4 is 17.7 Å².